The maximum atomic E-state index is 9.30. The first kappa shape index (κ1) is 12.9. The molecule has 0 aliphatic carbocycles. The zero-order valence-corrected chi connectivity index (χ0v) is 11.2. The van der Waals surface area contributed by atoms with Gasteiger partial charge in [-0.1, -0.05) is 6.07 Å². The van der Waals surface area contributed by atoms with Crippen LogP contribution in [-0.4, -0.2) is 26.2 Å². The minimum Gasteiger partial charge on any atom is -0.366 e. The van der Waals surface area contributed by atoms with Crippen LogP contribution in [0.25, 0.3) is 0 Å². The third-order valence-electron chi connectivity index (χ3n) is 3.65. The predicted molar refractivity (Wildman–Crippen MR) is 74.8 cm³/mol. The molecule has 0 radical (unpaired) electrons. The lowest BCUT2D eigenvalue weighted by Crippen LogP contribution is -2.45. The summed E-state index contributed by atoms with van der Waals surface area (Å²) in [6.07, 6.45) is 3.72. The lowest BCUT2D eigenvalue weighted by atomic mass is 9.99. The van der Waals surface area contributed by atoms with Gasteiger partial charge in [0.15, 0.2) is 0 Å². The van der Waals surface area contributed by atoms with E-state index in [1.165, 1.54) is 19.3 Å². The van der Waals surface area contributed by atoms with Gasteiger partial charge in [-0.3, -0.25) is 0 Å². The van der Waals surface area contributed by atoms with Gasteiger partial charge < -0.3 is 10.2 Å². The summed E-state index contributed by atoms with van der Waals surface area (Å²) in [5.41, 5.74) is 3.05. The lowest BCUT2D eigenvalue weighted by Gasteiger charge is -2.38. The van der Waals surface area contributed by atoms with E-state index >= 15 is 0 Å². The Morgan fingerprint density at radius 3 is 3.00 bits per heavy atom. The highest BCUT2D eigenvalue weighted by Crippen LogP contribution is 2.28. The van der Waals surface area contributed by atoms with Crippen molar-refractivity contribution in [2.24, 2.45) is 0 Å². The predicted octanol–water partition coefficient (Wildman–Crippen LogP) is 2.45. The fourth-order valence-electron chi connectivity index (χ4n) is 2.76. The monoisotopic (exact) mass is 243 g/mol. The van der Waals surface area contributed by atoms with Gasteiger partial charge in [-0.2, -0.15) is 5.26 Å². The van der Waals surface area contributed by atoms with Gasteiger partial charge in [0.2, 0.25) is 0 Å². The molecule has 2 rings (SSSR count). The van der Waals surface area contributed by atoms with Crippen molar-refractivity contribution in [1.82, 2.24) is 5.32 Å². The van der Waals surface area contributed by atoms with Gasteiger partial charge in [0.25, 0.3) is 0 Å². The molecule has 1 fully saturated rings. The molecule has 1 atom stereocenters. The average Bonchev–Trinajstić information content (AvgIpc) is 2.40. The van der Waals surface area contributed by atoms with Gasteiger partial charge in [0.05, 0.1) is 11.3 Å². The molecule has 0 saturated carbocycles. The highest BCUT2D eigenvalue weighted by atomic mass is 15.2. The quantitative estimate of drug-likeness (QED) is 0.886. The second kappa shape index (κ2) is 5.88. The van der Waals surface area contributed by atoms with E-state index in [0.29, 0.717) is 6.04 Å². The summed E-state index contributed by atoms with van der Waals surface area (Å²) in [6.45, 7) is 4.08. The Kier molecular flexibility index (Phi) is 4.22. The molecule has 1 aromatic rings. The Morgan fingerprint density at radius 1 is 1.44 bits per heavy atom. The molecule has 1 aromatic carbocycles. The standard InChI is InChI=1S/C15H21N3/c1-12-6-7-15(13(9-12)10-16)18-8-4-3-5-14(18)11-17-2/h6-7,9,14,17H,3-5,8,11H2,1-2H3. The van der Waals surface area contributed by atoms with E-state index < -0.39 is 0 Å². The van der Waals surface area contributed by atoms with Crippen LogP contribution in [0, 0.1) is 18.3 Å². The molecule has 3 nitrogen and oxygen atoms in total. The Morgan fingerprint density at radius 2 is 2.28 bits per heavy atom. The number of likely N-dealkylation sites (N-methyl/N-ethyl adjacent to an activating group) is 1. The van der Waals surface area contributed by atoms with Crippen LogP contribution in [0.5, 0.6) is 0 Å². The minimum atomic E-state index is 0.513. The maximum Gasteiger partial charge on any atom is 0.101 e. The number of hydrogen-bond acceptors (Lipinski definition) is 3. The number of nitriles is 1. The second-order valence-corrected chi connectivity index (χ2v) is 5.03. The Labute approximate surface area is 109 Å². The van der Waals surface area contributed by atoms with E-state index in [4.69, 9.17) is 0 Å². The first-order valence-corrected chi connectivity index (χ1v) is 6.68. The van der Waals surface area contributed by atoms with Crippen LogP contribution in [0.15, 0.2) is 18.2 Å². The van der Waals surface area contributed by atoms with E-state index in [9.17, 15) is 5.26 Å². The van der Waals surface area contributed by atoms with Crippen LogP contribution in [0.1, 0.15) is 30.4 Å². The summed E-state index contributed by atoms with van der Waals surface area (Å²) in [6, 6.07) is 9.03. The van der Waals surface area contributed by atoms with E-state index in [2.05, 4.69) is 28.4 Å². The van der Waals surface area contributed by atoms with Crippen LogP contribution in [-0.2, 0) is 0 Å². The maximum absolute atomic E-state index is 9.30. The molecule has 1 heterocycles. The molecule has 0 amide bonds. The van der Waals surface area contributed by atoms with Crippen molar-refractivity contribution in [3.63, 3.8) is 0 Å². The number of piperidine rings is 1. The van der Waals surface area contributed by atoms with E-state index in [1.807, 2.05) is 20.0 Å². The Hall–Kier alpha value is -1.53. The van der Waals surface area contributed by atoms with Gasteiger partial charge in [-0.05, 0) is 50.9 Å². The minimum absolute atomic E-state index is 0.513. The normalized spacial score (nSPS) is 19.6. The zero-order chi connectivity index (χ0) is 13.0. The zero-order valence-electron chi connectivity index (χ0n) is 11.2. The molecule has 18 heavy (non-hydrogen) atoms. The van der Waals surface area contributed by atoms with Crippen molar-refractivity contribution in [3.05, 3.63) is 29.3 Å². The van der Waals surface area contributed by atoms with Crippen LogP contribution in [0.2, 0.25) is 0 Å². The smallest absolute Gasteiger partial charge is 0.101 e. The van der Waals surface area contributed by atoms with Crippen LogP contribution in [0.3, 0.4) is 0 Å². The molecule has 0 spiro atoms. The highest BCUT2D eigenvalue weighted by Gasteiger charge is 2.23. The van der Waals surface area contributed by atoms with Crippen molar-refractivity contribution >= 4 is 5.69 Å². The number of nitrogens with zero attached hydrogens (tertiary/aromatic N) is 2. The molecule has 3 heteroatoms. The third-order valence-corrected chi connectivity index (χ3v) is 3.65. The molecule has 0 bridgehead atoms. The second-order valence-electron chi connectivity index (χ2n) is 5.03. The van der Waals surface area contributed by atoms with Crippen molar-refractivity contribution in [2.45, 2.75) is 32.2 Å². The van der Waals surface area contributed by atoms with Crippen LogP contribution >= 0.6 is 0 Å². The first-order chi connectivity index (χ1) is 8.76. The molecule has 0 aromatic heterocycles. The number of nitrogens with one attached hydrogen (secondary N) is 1. The van der Waals surface area contributed by atoms with Crippen molar-refractivity contribution in [3.8, 4) is 6.07 Å². The number of anilines is 1. The number of benzene rings is 1. The lowest BCUT2D eigenvalue weighted by molar-refractivity contribution is 0.446. The van der Waals surface area contributed by atoms with Crippen molar-refractivity contribution in [2.75, 3.05) is 25.0 Å². The van der Waals surface area contributed by atoms with Gasteiger partial charge in [0.1, 0.15) is 6.07 Å². The first-order valence-electron chi connectivity index (χ1n) is 6.68. The molecule has 1 aliphatic rings. The fourth-order valence-corrected chi connectivity index (χ4v) is 2.76. The molecule has 96 valence electrons. The van der Waals surface area contributed by atoms with E-state index in [0.717, 1.165) is 29.9 Å². The SMILES string of the molecule is CNCC1CCCCN1c1ccc(C)cc1C#N. The summed E-state index contributed by atoms with van der Waals surface area (Å²) < 4.78 is 0. The molecular weight excluding hydrogens is 222 g/mol. The third kappa shape index (κ3) is 2.65. The molecular formula is C15H21N3. The van der Waals surface area contributed by atoms with Gasteiger partial charge >= 0.3 is 0 Å². The number of rotatable bonds is 3. The van der Waals surface area contributed by atoms with Gasteiger partial charge in [-0.15, -0.1) is 0 Å². The topological polar surface area (TPSA) is 39.1 Å². The number of hydrogen-bond donors (Lipinski definition) is 1. The molecule has 1 aliphatic heterocycles. The summed E-state index contributed by atoms with van der Waals surface area (Å²) in [7, 11) is 1.99. The van der Waals surface area contributed by atoms with Crippen LogP contribution < -0.4 is 10.2 Å². The molecule has 1 N–H and O–H groups in total. The Bertz CT molecular complexity index is 446. The largest absolute Gasteiger partial charge is 0.366 e. The highest BCUT2D eigenvalue weighted by molar-refractivity contribution is 5.61. The summed E-state index contributed by atoms with van der Waals surface area (Å²) in [4.78, 5) is 2.40. The van der Waals surface area contributed by atoms with Crippen molar-refractivity contribution in [1.29, 1.82) is 5.26 Å². The summed E-state index contributed by atoms with van der Waals surface area (Å²) in [5, 5.41) is 12.6. The van der Waals surface area contributed by atoms with E-state index in [-0.39, 0.29) is 0 Å². The van der Waals surface area contributed by atoms with E-state index in [1.54, 1.807) is 0 Å². The van der Waals surface area contributed by atoms with Gasteiger partial charge in [-0.25, -0.2) is 0 Å². The molecule has 1 saturated heterocycles. The average molecular weight is 243 g/mol. The Balaban J connectivity index is 2.30. The fraction of sp³-hybridized carbons (Fsp3) is 0.533. The molecule has 1 unspecified atom stereocenters. The summed E-state index contributed by atoms with van der Waals surface area (Å²) in [5.74, 6) is 0. The van der Waals surface area contributed by atoms with Crippen molar-refractivity contribution < 1.29 is 0 Å². The number of aryl methyl sites for hydroxylation is 1. The van der Waals surface area contributed by atoms with Crippen LogP contribution in [0.4, 0.5) is 5.69 Å². The summed E-state index contributed by atoms with van der Waals surface area (Å²) >= 11 is 0. The van der Waals surface area contributed by atoms with Gasteiger partial charge in [0, 0.05) is 19.1 Å².